The van der Waals surface area contributed by atoms with Crippen molar-refractivity contribution in [3.63, 3.8) is 0 Å². The summed E-state index contributed by atoms with van der Waals surface area (Å²) < 4.78 is 69.7. The van der Waals surface area contributed by atoms with E-state index < -0.39 is 59.0 Å². The van der Waals surface area contributed by atoms with Gasteiger partial charge in [-0.3, -0.25) is 19.4 Å². The van der Waals surface area contributed by atoms with Gasteiger partial charge in [-0.05, 0) is 73.4 Å². The number of aromatic nitrogens is 3. The van der Waals surface area contributed by atoms with Crippen LogP contribution in [0, 0.1) is 11.6 Å². The van der Waals surface area contributed by atoms with Crippen LogP contribution in [0.5, 0.6) is 0 Å². The molecule has 0 aliphatic heterocycles. The average Bonchev–Trinajstić information content (AvgIpc) is 3.79. The van der Waals surface area contributed by atoms with E-state index in [2.05, 4.69) is 20.6 Å². The highest BCUT2D eigenvalue weighted by Gasteiger charge is 2.33. The van der Waals surface area contributed by atoms with Crippen LogP contribution >= 0.6 is 11.6 Å². The molecule has 1 atom stereocenters. The van der Waals surface area contributed by atoms with E-state index in [0.29, 0.717) is 23.6 Å². The van der Waals surface area contributed by atoms with E-state index in [1.807, 2.05) is 12.1 Å². The molecule has 1 aliphatic rings. The van der Waals surface area contributed by atoms with Gasteiger partial charge in [0.2, 0.25) is 5.82 Å². The van der Waals surface area contributed by atoms with Crippen molar-refractivity contribution in [2.45, 2.75) is 57.8 Å². The van der Waals surface area contributed by atoms with E-state index in [0.717, 1.165) is 30.7 Å². The predicted octanol–water partition coefficient (Wildman–Crippen LogP) is 7.03. The summed E-state index contributed by atoms with van der Waals surface area (Å²) in [6.07, 6.45) is -1.15. The molecule has 46 heavy (non-hydrogen) atoms. The number of ketones is 1. The van der Waals surface area contributed by atoms with E-state index in [1.54, 1.807) is 13.1 Å². The van der Waals surface area contributed by atoms with Crippen molar-refractivity contribution in [3.05, 3.63) is 111 Å². The van der Waals surface area contributed by atoms with Gasteiger partial charge in [0.15, 0.2) is 5.82 Å². The summed E-state index contributed by atoms with van der Waals surface area (Å²) in [7, 11) is 0. The number of benzene rings is 2. The third kappa shape index (κ3) is 7.41. The van der Waals surface area contributed by atoms with Crippen LogP contribution in [0.4, 0.5) is 27.8 Å². The number of hydrogen-bond donors (Lipinski definition) is 2. The minimum absolute atomic E-state index is 0.0316. The molecule has 8 nitrogen and oxygen atoms in total. The van der Waals surface area contributed by atoms with Gasteiger partial charge in [-0.1, -0.05) is 24.6 Å². The Kier molecular flexibility index (Phi) is 9.24. The number of nitrogens with zero attached hydrogens (tertiary/aromatic N) is 3. The lowest BCUT2D eigenvalue weighted by Gasteiger charge is -2.19. The van der Waals surface area contributed by atoms with Gasteiger partial charge >= 0.3 is 6.18 Å². The summed E-state index contributed by atoms with van der Waals surface area (Å²) in [5.41, 5.74) is -0.182. The summed E-state index contributed by atoms with van der Waals surface area (Å²) in [6.45, 7) is 2.44. The molecule has 1 aliphatic carbocycles. The molecule has 1 fully saturated rings. The predicted molar refractivity (Wildman–Crippen MR) is 159 cm³/mol. The Balaban J connectivity index is 1.55. The summed E-state index contributed by atoms with van der Waals surface area (Å²) in [5.74, 6) is -5.41. The normalized spacial score (nSPS) is 13.7. The highest BCUT2D eigenvalue weighted by Crippen LogP contribution is 2.39. The molecule has 2 aromatic carbocycles. The molecule has 2 aromatic heterocycles. The van der Waals surface area contributed by atoms with Gasteiger partial charge in [-0.25, -0.2) is 13.8 Å². The number of Topliss-reactive ketones (excluding diaryl/α,β-unsaturated/α-hetero) is 1. The van der Waals surface area contributed by atoms with E-state index in [1.165, 1.54) is 17.6 Å². The summed E-state index contributed by atoms with van der Waals surface area (Å²) in [5, 5.41) is 5.18. The second kappa shape index (κ2) is 13.0. The van der Waals surface area contributed by atoms with Crippen molar-refractivity contribution in [2.75, 3.05) is 5.32 Å². The largest absolute Gasteiger partial charge is 0.416 e. The number of pyridine rings is 1. The quantitative estimate of drug-likeness (QED) is 0.178. The van der Waals surface area contributed by atoms with E-state index in [9.17, 15) is 36.3 Å². The number of nitrogens with one attached hydrogen (secondary N) is 2. The number of hydrogen-bond acceptors (Lipinski definition) is 5. The Morgan fingerprint density at radius 2 is 1.76 bits per heavy atom. The highest BCUT2D eigenvalue weighted by molar-refractivity contribution is 6.31. The Hall–Kier alpha value is -4.65. The van der Waals surface area contributed by atoms with Crippen molar-refractivity contribution in [2.24, 2.45) is 0 Å². The minimum Gasteiger partial charge on any atom is -0.345 e. The number of rotatable bonds is 10. The molecule has 1 saturated carbocycles. The van der Waals surface area contributed by atoms with Crippen LogP contribution in [-0.2, 0) is 24.1 Å². The fourth-order valence-electron chi connectivity index (χ4n) is 5.03. The van der Waals surface area contributed by atoms with E-state index in [4.69, 9.17) is 11.6 Å². The number of carbonyl (C=O) groups excluding carboxylic acids is 3. The number of amides is 2. The molecule has 2 amide bonds. The lowest BCUT2D eigenvalue weighted by Crippen LogP contribution is -2.28. The molecule has 240 valence electrons. The van der Waals surface area contributed by atoms with Gasteiger partial charge < -0.3 is 15.2 Å². The maximum atomic E-state index is 14.3. The van der Waals surface area contributed by atoms with E-state index in [-0.39, 0.29) is 40.5 Å². The molecule has 14 heteroatoms. The third-order valence-electron chi connectivity index (χ3n) is 7.44. The van der Waals surface area contributed by atoms with Crippen LogP contribution in [0.25, 0.3) is 0 Å². The topological polar surface area (TPSA) is 106 Å². The number of halogens is 6. The van der Waals surface area contributed by atoms with Crippen LogP contribution in [-0.4, -0.2) is 32.1 Å². The van der Waals surface area contributed by atoms with Crippen LogP contribution in [0.3, 0.4) is 0 Å². The highest BCUT2D eigenvalue weighted by atomic mass is 35.5. The molecule has 0 spiro atoms. The first kappa shape index (κ1) is 32.7. The SMILES string of the molecule is CC(=O)Cn1c(C(=O)NCc2ccc(C3CC3)nc2)nc(NC(=O)c2cc(F)cc(C(F)(F)F)c2)c1[C@@H](C)c1cc(F)ccc1Cl. The fraction of sp³-hybridized carbons (Fsp3) is 0.281. The van der Waals surface area contributed by atoms with E-state index >= 15 is 0 Å². The van der Waals surface area contributed by atoms with Crippen molar-refractivity contribution in [3.8, 4) is 0 Å². The van der Waals surface area contributed by atoms with Crippen LogP contribution in [0.1, 0.15) is 87.6 Å². The Bertz CT molecular complexity index is 1820. The molecular weight excluding hydrogens is 633 g/mol. The zero-order valence-electron chi connectivity index (χ0n) is 24.5. The maximum Gasteiger partial charge on any atom is 0.416 e. The second-order valence-corrected chi connectivity index (χ2v) is 11.5. The Morgan fingerprint density at radius 3 is 2.39 bits per heavy atom. The van der Waals surface area contributed by atoms with Crippen LogP contribution in [0.2, 0.25) is 5.02 Å². The average molecular weight is 660 g/mol. The molecule has 5 rings (SSSR count). The molecule has 2 heterocycles. The first-order valence-corrected chi connectivity index (χ1v) is 14.6. The molecule has 0 saturated heterocycles. The minimum atomic E-state index is -4.94. The first-order chi connectivity index (χ1) is 21.7. The monoisotopic (exact) mass is 659 g/mol. The van der Waals surface area contributed by atoms with Crippen molar-refractivity contribution in [1.82, 2.24) is 19.9 Å². The van der Waals surface area contributed by atoms with Gasteiger partial charge in [-0.15, -0.1) is 0 Å². The summed E-state index contributed by atoms with van der Waals surface area (Å²) in [4.78, 5) is 47.8. The number of imidazole rings is 1. The fourth-order valence-corrected chi connectivity index (χ4v) is 5.31. The summed E-state index contributed by atoms with van der Waals surface area (Å²) in [6, 6.07) is 8.58. The summed E-state index contributed by atoms with van der Waals surface area (Å²) >= 11 is 6.37. The second-order valence-electron chi connectivity index (χ2n) is 11.1. The van der Waals surface area contributed by atoms with Crippen molar-refractivity contribution < 1.29 is 36.3 Å². The number of carbonyl (C=O) groups is 3. The van der Waals surface area contributed by atoms with Crippen molar-refractivity contribution >= 4 is 35.0 Å². The molecule has 0 bridgehead atoms. The number of anilines is 1. The zero-order chi connectivity index (χ0) is 33.3. The van der Waals surface area contributed by atoms with Crippen LogP contribution in [0.15, 0.2) is 54.7 Å². The van der Waals surface area contributed by atoms with Gasteiger partial charge in [0.25, 0.3) is 11.8 Å². The van der Waals surface area contributed by atoms with Crippen LogP contribution < -0.4 is 10.6 Å². The zero-order valence-corrected chi connectivity index (χ0v) is 25.3. The van der Waals surface area contributed by atoms with Gasteiger partial charge in [-0.2, -0.15) is 13.2 Å². The van der Waals surface area contributed by atoms with Gasteiger partial charge in [0, 0.05) is 40.9 Å². The smallest absolute Gasteiger partial charge is 0.345 e. The third-order valence-corrected chi connectivity index (χ3v) is 7.79. The van der Waals surface area contributed by atoms with Gasteiger partial charge in [0.05, 0.1) is 17.8 Å². The van der Waals surface area contributed by atoms with Gasteiger partial charge in [0.1, 0.15) is 17.4 Å². The molecular formula is C32H27ClF5N5O3. The molecule has 0 radical (unpaired) electrons. The lowest BCUT2D eigenvalue weighted by atomic mass is 9.96. The Labute approximate surface area is 265 Å². The molecule has 2 N–H and O–H groups in total. The Morgan fingerprint density at radius 1 is 1.02 bits per heavy atom. The maximum absolute atomic E-state index is 14.3. The number of alkyl halides is 3. The van der Waals surface area contributed by atoms with Crippen molar-refractivity contribution in [1.29, 1.82) is 0 Å². The first-order valence-electron chi connectivity index (χ1n) is 14.2. The lowest BCUT2D eigenvalue weighted by molar-refractivity contribution is -0.137. The standard InChI is InChI=1S/C32H27ClF5N5O3/c1-16(44)15-43-27(17(2)24-12-22(34)6-7-25(24)33)28(42-30(45)20-9-21(32(36,37)38)11-23(35)10-20)41-29(43)31(46)40-14-18-3-8-26(39-13-18)19-4-5-19/h3,6-13,17,19H,4-5,14-15H2,1-2H3,(H,40,46)(H,42,45)/t17-/m0/s1. The molecule has 4 aromatic rings. The molecule has 0 unspecified atom stereocenters.